The van der Waals surface area contributed by atoms with Crippen LogP contribution < -0.4 is 5.32 Å². The number of carbonyl (C=O) groups is 1. The number of amides is 1. The van der Waals surface area contributed by atoms with Gasteiger partial charge in [-0.3, -0.25) is 14.5 Å². The quantitative estimate of drug-likeness (QED) is 0.536. The number of carbonyl (C=O) groups excluding carboxylic acids is 1. The molecule has 1 N–H and O–H groups in total. The van der Waals surface area contributed by atoms with Crippen LogP contribution in [0, 0.1) is 11.6 Å². The van der Waals surface area contributed by atoms with Crippen molar-refractivity contribution < 1.29 is 13.6 Å². The maximum atomic E-state index is 13.7. The van der Waals surface area contributed by atoms with Crippen LogP contribution in [0.5, 0.6) is 0 Å². The molecule has 0 saturated carbocycles. The molecule has 1 aromatic carbocycles. The first-order chi connectivity index (χ1) is 15.1. The minimum Gasteiger partial charge on any atom is -0.304 e. The number of pyridine rings is 1. The molecule has 156 valence electrons. The van der Waals surface area contributed by atoms with Gasteiger partial charge in [-0.15, -0.1) is 0 Å². The molecule has 3 aromatic heterocycles. The highest BCUT2D eigenvalue weighted by Gasteiger charge is 2.27. The van der Waals surface area contributed by atoms with Crippen LogP contribution in [-0.4, -0.2) is 30.5 Å². The van der Waals surface area contributed by atoms with E-state index in [1.807, 2.05) is 12.1 Å². The number of hydrogen-bond donors (Lipinski definition) is 1. The Morgan fingerprint density at radius 3 is 2.68 bits per heavy atom. The summed E-state index contributed by atoms with van der Waals surface area (Å²) in [5.74, 6) is -1.85. The van der Waals surface area contributed by atoms with Crippen molar-refractivity contribution in [3.63, 3.8) is 0 Å². The number of benzene rings is 1. The maximum Gasteiger partial charge on any atom is 0.277 e. The third-order valence-corrected chi connectivity index (χ3v) is 5.27. The van der Waals surface area contributed by atoms with Gasteiger partial charge in [0.25, 0.3) is 5.91 Å². The summed E-state index contributed by atoms with van der Waals surface area (Å²) in [5.41, 5.74) is 3.38. The van der Waals surface area contributed by atoms with E-state index in [1.54, 1.807) is 29.3 Å². The molecule has 1 amide bonds. The Morgan fingerprint density at radius 1 is 1.03 bits per heavy atom. The topological polar surface area (TPSA) is 77.6 Å². The van der Waals surface area contributed by atoms with Crippen molar-refractivity contribution in [3.8, 4) is 5.69 Å². The molecule has 1 aliphatic carbocycles. The normalized spacial score (nSPS) is 12.7. The van der Waals surface area contributed by atoms with E-state index in [2.05, 4.69) is 20.5 Å². The highest BCUT2D eigenvalue weighted by atomic mass is 19.2. The van der Waals surface area contributed by atoms with E-state index in [0.717, 1.165) is 41.8 Å². The molecule has 0 bridgehead atoms. The molecule has 5 rings (SSSR count). The Labute approximate surface area is 176 Å². The van der Waals surface area contributed by atoms with Crippen LogP contribution >= 0.6 is 0 Å². The Kier molecular flexibility index (Phi) is 4.78. The lowest BCUT2D eigenvalue weighted by atomic mass is 10.2. The molecule has 3 heterocycles. The average Bonchev–Trinajstić information content (AvgIpc) is 3.48. The Balaban J connectivity index is 1.38. The van der Waals surface area contributed by atoms with E-state index >= 15 is 0 Å². The molecule has 7 nitrogen and oxygen atoms in total. The first-order valence-electron chi connectivity index (χ1n) is 9.88. The summed E-state index contributed by atoms with van der Waals surface area (Å²) in [4.78, 5) is 16.9. The van der Waals surface area contributed by atoms with E-state index in [1.165, 1.54) is 10.7 Å². The molecule has 0 saturated heterocycles. The SMILES string of the molecule is O=C(Nc1ccn(Cc2ccncc2)n1)c1nn(-c2ccc(F)c(F)c2)c2c1CCC2. The minimum absolute atomic E-state index is 0.279. The molecule has 9 heteroatoms. The molecule has 1 aliphatic rings. The van der Waals surface area contributed by atoms with E-state index in [9.17, 15) is 13.6 Å². The molecular weight excluding hydrogens is 402 g/mol. The number of fused-ring (bicyclic) bond motifs is 1. The van der Waals surface area contributed by atoms with Crippen molar-refractivity contribution >= 4 is 11.7 Å². The standard InChI is InChI=1S/C22H18F2N6O/c23-17-5-4-15(12-18(17)24)30-19-3-1-2-16(19)21(28-30)22(31)26-20-8-11-29(27-20)13-14-6-9-25-10-7-14/h4-12H,1-3,13H2,(H,26,27,31). The number of anilines is 1. The lowest BCUT2D eigenvalue weighted by Gasteiger charge is -2.06. The van der Waals surface area contributed by atoms with Crippen molar-refractivity contribution in [2.75, 3.05) is 5.32 Å². The molecule has 0 fully saturated rings. The van der Waals surface area contributed by atoms with Crippen LogP contribution in [0.25, 0.3) is 5.69 Å². The maximum absolute atomic E-state index is 13.7. The van der Waals surface area contributed by atoms with Gasteiger partial charge >= 0.3 is 0 Å². The predicted molar refractivity (Wildman–Crippen MR) is 109 cm³/mol. The second-order valence-electron chi connectivity index (χ2n) is 7.35. The summed E-state index contributed by atoms with van der Waals surface area (Å²) in [6, 6.07) is 9.10. The Hall–Kier alpha value is -3.88. The number of nitrogens with zero attached hydrogens (tertiary/aromatic N) is 5. The molecule has 4 aromatic rings. The molecule has 0 spiro atoms. The summed E-state index contributed by atoms with van der Waals surface area (Å²) < 4.78 is 30.3. The smallest absolute Gasteiger partial charge is 0.277 e. The fourth-order valence-electron chi connectivity index (χ4n) is 3.82. The predicted octanol–water partition coefficient (Wildman–Crippen LogP) is 3.53. The second-order valence-corrected chi connectivity index (χ2v) is 7.35. The first kappa shape index (κ1) is 19.1. The lowest BCUT2D eigenvalue weighted by Crippen LogP contribution is -2.15. The summed E-state index contributed by atoms with van der Waals surface area (Å²) in [6.07, 6.45) is 7.50. The zero-order valence-corrected chi connectivity index (χ0v) is 16.4. The van der Waals surface area contributed by atoms with Crippen molar-refractivity contribution in [2.24, 2.45) is 0 Å². The van der Waals surface area contributed by atoms with Crippen LogP contribution in [-0.2, 0) is 19.4 Å². The fraction of sp³-hybridized carbons (Fsp3) is 0.182. The number of hydrogen-bond acceptors (Lipinski definition) is 4. The second kappa shape index (κ2) is 7.75. The van der Waals surface area contributed by atoms with Gasteiger partial charge in [0.1, 0.15) is 0 Å². The van der Waals surface area contributed by atoms with Gasteiger partial charge in [-0.25, -0.2) is 13.5 Å². The van der Waals surface area contributed by atoms with Gasteiger partial charge in [0.2, 0.25) is 0 Å². The van der Waals surface area contributed by atoms with Crippen molar-refractivity contribution in [3.05, 3.63) is 89.1 Å². The van der Waals surface area contributed by atoms with Gasteiger partial charge in [0.05, 0.1) is 12.2 Å². The minimum atomic E-state index is -0.953. The Bertz CT molecular complexity index is 1260. The number of halogens is 2. The molecule has 0 unspecified atom stereocenters. The summed E-state index contributed by atoms with van der Waals surface area (Å²) in [7, 11) is 0. The molecule has 31 heavy (non-hydrogen) atoms. The lowest BCUT2D eigenvalue weighted by molar-refractivity contribution is 0.102. The van der Waals surface area contributed by atoms with Crippen LogP contribution in [0.15, 0.2) is 55.0 Å². The first-order valence-corrected chi connectivity index (χ1v) is 9.88. The van der Waals surface area contributed by atoms with Crippen LogP contribution in [0.4, 0.5) is 14.6 Å². The van der Waals surface area contributed by atoms with Gasteiger partial charge in [0, 0.05) is 42.0 Å². The third-order valence-electron chi connectivity index (χ3n) is 5.27. The largest absolute Gasteiger partial charge is 0.304 e. The van der Waals surface area contributed by atoms with E-state index in [-0.39, 0.29) is 11.6 Å². The summed E-state index contributed by atoms with van der Waals surface area (Å²) >= 11 is 0. The zero-order valence-electron chi connectivity index (χ0n) is 16.4. The molecule has 0 radical (unpaired) electrons. The number of nitrogens with one attached hydrogen (secondary N) is 1. The monoisotopic (exact) mass is 420 g/mol. The van der Waals surface area contributed by atoms with Crippen molar-refractivity contribution in [1.82, 2.24) is 24.5 Å². The van der Waals surface area contributed by atoms with Gasteiger partial charge in [-0.05, 0) is 49.1 Å². The van der Waals surface area contributed by atoms with Gasteiger partial charge in [-0.1, -0.05) is 0 Å². The summed E-state index contributed by atoms with van der Waals surface area (Å²) in [5, 5.41) is 11.6. The molecule has 0 atom stereocenters. The number of rotatable bonds is 5. The highest BCUT2D eigenvalue weighted by Crippen LogP contribution is 2.28. The fourth-order valence-corrected chi connectivity index (χ4v) is 3.82. The average molecular weight is 420 g/mol. The van der Waals surface area contributed by atoms with E-state index < -0.39 is 11.6 Å². The third kappa shape index (κ3) is 3.70. The van der Waals surface area contributed by atoms with Gasteiger partial charge in [0.15, 0.2) is 23.1 Å². The summed E-state index contributed by atoms with van der Waals surface area (Å²) in [6.45, 7) is 0.554. The number of aromatic nitrogens is 5. The van der Waals surface area contributed by atoms with E-state index in [4.69, 9.17) is 0 Å². The van der Waals surface area contributed by atoms with E-state index in [0.29, 0.717) is 24.5 Å². The van der Waals surface area contributed by atoms with Crippen molar-refractivity contribution in [1.29, 1.82) is 0 Å². The van der Waals surface area contributed by atoms with Gasteiger partial charge in [-0.2, -0.15) is 10.2 Å². The van der Waals surface area contributed by atoms with Crippen LogP contribution in [0.2, 0.25) is 0 Å². The van der Waals surface area contributed by atoms with Crippen LogP contribution in [0.3, 0.4) is 0 Å². The Morgan fingerprint density at radius 2 is 1.87 bits per heavy atom. The van der Waals surface area contributed by atoms with Crippen LogP contribution in [0.1, 0.15) is 33.7 Å². The highest BCUT2D eigenvalue weighted by molar-refractivity contribution is 6.03. The van der Waals surface area contributed by atoms with Crippen molar-refractivity contribution in [2.45, 2.75) is 25.8 Å². The molecular formula is C22H18F2N6O. The zero-order chi connectivity index (χ0) is 21.4. The molecule has 0 aliphatic heterocycles. The van der Waals surface area contributed by atoms with Gasteiger partial charge < -0.3 is 5.32 Å².